The van der Waals surface area contributed by atoms with Crippen LogP contribution in [0.25, 0.3) is 0 Å². The standard InChI is InChI=1S/C24H30N4O4S/c29-23(25-18-3-4-18)16-26-7-9-27(10-8-26)17-24(30)28(15-20-2-1-13-33-20)19-5-6-21-22(14-19)32-12-11-31-21/h1-2,5-6,13-14,18H,3-4,7-12,15-17H2,(H,25,29). The molecule has 33 heavy (non-hydrogen) atoms. The lowest BCUT2D eigenvalue weighted by atomic mass is 10.2. The second kappa shape index (κ2) is 10.1. The van der Waals surface area contributed by atoms with Gasteiger partial charge in [-0.05, 0) is 36.4 Å². The fourth-order valence-electron chi connectivity index (χ4n) is 4.17. The molecule has 1 aliphatic carbocycles. The van der Waals surface area contributed by atoms with Gasteiger partial charge in [0.25, 0.3) is 0 Å². The lowest BCUT2D eigenvalue weighted by Gasteiger charge is -2.35. The number of nitrogens with one attached hydrogen (secondary N) is 1. The minimum Gasteiger partial charge on any atom is -0.486 e. The Kier molecular flexibility index (Phi) is 6.80. The first-order valence-corrected chi connectivity index (χ1v) is 12.5. The molecule has 2 aromatic rings. The van der Waals surface area contributed by atoms with Crippen LogP contribution in [-0.2, 0) is 16.1 Å². The molecule has 2 aliphatic heterocycles. The number of carbonyl (C=O) groups is 2. The van der Waals surface area contributed by atoms with E-state index in [9.17, 15) is 9.59 Å². The monoisotopic (exact) mass is 470 g/mol. The van der Waals surface area contributed by atoms with Gasteiger partial charge in [-0.1, -0.05) is 6.07 Å². The highest BCUT2D eigenvalue weighted by Gasteiger charge is 2.27. The molecule has 1 saturated carbocycles. The Hall–Kier alpha value is -2.62. The van der Waals surface area contributed by atoms with Crippen LogP contribution in [0.5, 0.6) is 11.5 Å². The number of benzene rings is 1. The molecule has 1 aromatic heterocycles. The fourth-order valence-corrected chi connectivity index (χ4v) is 4.86. The molecule has 0 unspecified atom stereocenters. The molecule has 0 spiro atoms. The molecule has 176 valence electrons. The molecule has 3 heterocycles. The molecule has 8 nitrogen and oxygen atoms in total. The fraction of sp³-hybridized carbons (Fsp3) is 0.500. The van der Waals surface area contributed by atoms with Gasteiger partial charge in [-0.25, -0.2) is 0 Å². The lowest BCUT2D eigenvalue weighted by Crippen LogP contribution is -2.52. The summed E-state index contributed by atoms with van der Waals surface area (Å²) in [4.78, 5) is 32.8. The predicted molar refractivity (Wildman–Crippen MR) is 127 cm³/mol. The van der Waals surface area contributed by atoms with Crippen molar-refractivity contribution < 1.29 is 19.1 Å². The molecule has 1 aromatic carbocycles. The minimum absolute atomic E-state index is 0.0556. The number of piperazine rings is 1. The summed E-state index contributed by atoms with van der Waals surface area (Å²) in [5.41, 5.74) is 0.813. The van der Waals surface area contributed by atoms with Crippen LogP contribution in [0.3, 0.4) is 0 Å². The van der Waals surface area contributed by atoms with Crippen molar-refractivity contribution in [2.75, 3.05) is 57.4 Å². The summed E-state index contributed by atoms with van der Waals surface area (Å²) in [5, 5.41) is 5.08. The van der Waals surface area contributed by atoms with Crippen LogP contribution < -0.4 is 19.7 Å². The third kappa shape index (κ3) is 5.85. The SMILES string of the molecule is O=C(CN1CCN(CC(=O)N(Cc2cccs2)c2ccc3c(c2)OCCO3)CC1)NC1CC1. The van der Waals surface area contributed by atoms with Crippen LogP contribution >= 0.6 is 11.3 Å². The summed E-state index contributed by atoms with van der Waals surface area (Å²) in [5.74, 6) is 1.57. The van der Waals surface area contributed by atoms with Gasteiger partial charge in [0.1, 0.15) is 13.2 Å². The maximum absolute atomic E-state index is 13.4. The zero-order chi connectivity index (χ0) is 22.6. The Morgan fingerprint density at radius 3 is 2.42 bits per heavy atom. The number of amides is 2. The normalized spacial score (nSPS) is 18.7. The number of hydrogen-bond acceptors (Lipinski definition) is 7. The van der Waals surface area contributed by atoms with Crippen molar-refractivity contribution in [3.8, 4) is 11.5 Å². The van der Waals surface area contributed by atoms with Gasteiger partial charge in [-0.3, -0.25) is 19.4 Å². The number of fused-ring (bicyclic) bond motifs is 1. The van der Waals surface area contributed by atoms with Gasteiger partial charge in [0.2, 0.25) is 11.8 Å². The molecule has 3 aliphatic rings. The van der Waals surface area contributed by atoms with Crippen molar-refractivity contribution in [2.45, 2.75) is 25.4 Å². The summed E-state index contributed by atoms with van der Waals surface area (Å²) in [7, 11) is 0. The zero-order valence-corrected chi connectivity index (χ0v) is 19.5. The molecule has 0 atom stereocenters. The van der Waals surface area contributed by atoms with Gasteiger partial charge in [-0.15, -0.1) is 11.3 Å². The van der Waals surface area contributed by atoms with E-state index in [1.54, 1.807) is 11.3 Å². The number of nitrogens with zero attached hydrogens (tertiary/aromatic N) is 3. The van der Waals surface area contributed by atoms with E-state index in [0.717, 1.165) is 55.3 Å². The highest BCUT2D eigenvalue weighted by Crippen LogP contribution is 2.34. The van der Waals surface area contributed by atoms with Crippen molar-refractivity contribution in [2.24, 2.45) is 0 Å². The molecular weight excluding hydrogens is 440 g/mol. The Labute approximate surface area is 198 Å². The minimum atomic E-state index is 0.0556. The number of hydrogen-bond donors (Lipinski definition) is 1. The van der Waals surface area contributed by atoms with Crippen molar-refractivity contribution in [1.82, 2.24) is 15.1 Å². The van der Waals surface area contributed by atoms with Crippen LogP contribution in [0.2, 0.25) is 0 Å². The maximum atomic E-state index is 13.4. The van der Waals surface area contributed by atoms with Crippen LogP contribution in [0, 0.1) is 0 Å². The average Bonchev–Trinajstić information content (AvgIpc) is 3.48. The Balaban J connectivity index is 1.21. The summed E-state index contributed by atoms with van der Waals surface area (Å²) in [6.45, 7) is 5.50. The number of carbonyl (C=O) groups excluding carboxylic acids is 2. The second-order valence-electron chi connectivity index (χ2n) is 8.78. The number of anilines is 1. The van der Waals surface area contributed by atoms with E-state index >= 15 is 0 Å². The third-order valence-electron chi connectivity index (χ3n) is 6.17. The number of thiophene rings is 1. The average molecular weight is 471 g/mol. The molecule has 2 amide bonds. The van der Waals surface area contributed by atoms with E-state index < -0.39 is 0 Å². The molecule has 0 radical (unpaired) electrons. The first-order chi connectivity index (χ1) is 16.1. The summed E-state index contributed by atoms with van der Waals surface area (Å²) in [6.07, 6.45) is 2.21. The van der Waals surface area contributed by atoms with E-state index in [4.69, 9.17) is 9.47 Å². The van der Waals surface area contributed by atoms with Crippen molar-refractivity contribution >= 4 is 28.8 Å². The molecule has 2 fully saturated rings. The summed E-state index contributed by atoms with van der Waals surface area (Å²) >= 11 is 1.64. The van der Waals surface area contributed by atoms with E-state index in [1.165, 1.54) is 0 Å². The van der Waals surface area contributed by atoms with Gasteiger partial charge >= 0.3 is 0 Å². The van der Waals surface area contributed by atoms with Gasteiger partial charge < -0.3 is 19.7 Å². The first kappa shape index (κ1) is 22.2. The van der Waals surface area contributed by atoms with E-state index in [2.05, 4.69) is 21.2 Å². The first-order valence-electron chi connectivity index (χ1n) is 11.6. The molecule has 0 bridgehead atoms. The maximum Gasteiger partial charge on any atom is 0.241 e. The largest absolute Gasteiger partial charge is 0.486 e. The Morgan fingerprint density at radius 2 is 1.73 bits per heavy atom. The lowest BCUT2D eigenvalue weighted by molar-refractivity contribution is -0.124. The van der Waals surface area contributed by atoms with Crippen molar-refractivity contribution in [3.05, 3.63) is 40.6 Å². The van der Waals surface area contributed by atoms with Gasteiger partial charge in [0, 0.05) is 48.9 Å². The number of ether oxygens (including phenoxy) is 2. The zero-order valence-electron chi connectivity index (χ0n) is 18.7. The summed E-state index contributed by atoms with van der Waals surface area (Å²) < 4.78 is 11.4. The van der Waals surface area contributed by atoms with Gasteiger partial charge in [0.15, 0.2) is 11.5 Å². The molecule has 9 heteroatoms. The Bertz CT molecular complexity index is 971. The quantitative estimate of drug-likeness (QED) is 0.636. The topological polar surface area (TPSA) is 74.4 Å². The second-order valence-corrected chi connectivity index (χ2v) is 9.81. The molecule has 5 rings (SSSR count). The van der Waals surface area contributed by atoms with Gasteiger partial charge in [0.05, 0.1) is 19.6 Å². The summed E-state index contributed by atoms with van der Waals surface area (Å²) in [6, 6.07) is 10.2. The van der Waals surface area contributed by atoms with Crippen molar-refractivity contribution in [1.29, 1.82) is 0 Å². The molecular formula is C24H30N4O4S. The van der Waals surface area contributed by atoms with E-state index in [1.807, 2.05) is 34.5 Å². The molecule has 1 N–H and O–H groups in total. The van der Waals surface area contributed by atoms with E-state index in [-0.39, 0.29) is 11.8 Å². The Morgan fingerprint density at radius 1 is 1.00 bits per heavy atom. The highest BCUT2D eigenvalue weighted by molar-refractivity contribution is 7.09. The molecule has 1 saturated heterocycles. The smallest absolute Gasteiger partial charge is 0.241 e. The highest BCUT2D eigenvalue weighted by atomic mass is 32.1. The van der Waals surface area contributed by atoms with Gasteiger partial charge in [-0.2, -0.15) is 0 Å². The van der Waals surface area contributed by atoms with Crippen LogP contribution in [0.1, 0.15) is 17.7 Å². The van der Waals surface area contributed by atoms with Crippen LogP contribution in [0.4, 0.5) is 5.69 Å². The number of rotatable bonds is 8. The van der Waals surface area contributed by atoms with E-state index in [0.29, 0.717) is 44.6 Å². The van der Waals surface area contributed by atoms with Crippen LogP contribution in [-0.4, -0.2) is 80.1 Å². The van der Waals surface area contributed by atoms with Crippen LogP contribution in [0.15, 0.2) is 35.7 Å². The third-order valence-corrected chi connectivity index (χ3v) is 7.03. The van der Waals surface area contributed by atoms with Crippen molar-refractivity contribution in [3.63, 3.8) is 0 Å². The predicted octanol–water partition coefficient (Wildman–Crippen LogP) is 1.95.